The molecule has 0 aromatic heterocycles. The van der Waals surface area contributed by atoms with Crippen LogP contribution >= 0.6 is 0 Å². The van der Waals surface area contributed by atoms with Gasteiger partial charge in [-0.3, -0.25) is 0 Å². The molecule has 0 saturated heterocycles. The van der Waals surface area contributed by atoms with E-state index in [0.717, 1.165) is 0 Å². The van der Waals surface area contributed by atoms with Crippen LogP contribution in [-0.4, -0.2) is 5.21 Å². The number of nitrogens with two attached hydrogens (primary N) is 1. The van der Waals surface area contributed by atoms with Crippen molar-refractivity contribution in [2.24, 2.45) is 5.90 Å². The smallest absolute Gasteiger partial charge is 0 e. The molecule has 0 radical (unpaired) electrons. The van der Waals surface area contributed by atoms with Crippen molar-refractivity contribution >= 4 is 0 Å². The highest BCUT2D eigenvalue weighted by molar-refractivity contribution is 5.11. The van der Waals surface area contributed by atoms with Crippen molar-refractivity contribution in [2.45, 2.75) is 6.92 Å². The van der Waals surface area contributed by atoms with Crippen molar-refractivity contribution in [3.63, 3.8) is 0 Å². The Bertz CT molecular complexity index is 144. The highest BCUT2D eigenvalue weighted by atomic mass is 16.4. The van der Waals surface area contributed by atoms with E-state index in [1.165, 1.54) is 5.56 Å². The molecule has 0 spiro atoms. The number of hydrogen-bond acceptors (Lipinski definition) is 2. The van der Waals surface area contributed by atoms with Gasteiger partial charge in [0, 0.05) is 1.43 Å². The first-order valence-corrected chi connectivity index (χ1v) is 2.67. The third-order valence-electron chi connectivity index (χ3n) is 0.940. The molecule has 0 aliphatic heterocycles. The molecule has 1 aromatic rings. The Morgan fingerprint density at radius 3 is 1.89 bits per heavy atom. The summed E-state index contributed by atoms with van der Waals surface area (Å²) in [5, 5.41) is 6.50. The Labute approximate surface area is 56.4 Å². The second-order valence-electron chi connectivity index (χ2n) is 1.65. The highest BCUT2D eigenvalue weighted by Gasteiger charge is 1.72. The van der Waals surface area contributed by atoms with E-state index in [1.54, 1.807) is 0 Å². The van der Waals surface area contributed by atoms with Crippen molar-refractivity contribution in [2.75, 3.05) is 0 Å². The number of aryl methyl sites for hydroxylation is 1. The van der Waals surface area contributed by atoms with Crippen LogP contribution in [0.25, 0.3) is 0 Å². The molecule has 0 bridgehead atoms. The topological polar surface area (TPSA) is 46.2 Å². The zero-order valence-corrected chi connectivity index (χ0v) is 5.41. The fourth-order valence-electron chi connectivity index (χ4n) is 0.534. The average molecular weight is 127 g/mol. The van der Waals surface area contributed by atoms with Crippen LogP contribution in [0.5, 0.6) is 0 Å². The molecule has 0 atom stereocenters. The standard InChI is InChI=1S/C7H8.H3NO.H2/c1-7-5-3-2-4-6-7;1-2;/h2-6H,1H3;2H,1H2;1H. The van der Waals surface area contributed by atoms with Crippen LogP contribution < -0.4 is 5.90 Å². The summed E-state index contributed by atoms with van der Waals surface area (Å²) in [5.74, 6) is 3.50. The molecule has 0 aliphatic rings. The summed E-state index contributed by atoms with van der Waals surface area (Å²) in [5.41, 5.74) is 1.32. The number of rotatable bonds is 0. The molecular weight excluding hydrogens is 114 g/mol. The van der Waals surface area contributed by atoms with Gasteiger partial charge in [0.15, 0.2) is 0 Å². The molecule has 2 nitrogen and oxygen atoms in total. The zero-order chi connectivity index (χ0) is 7.11. The Hall–Kier alpha value is -0.860. The Morgan fingerprint density at radius 2 is 1.67 bits per heavy atom. The van der Waals surface area contributed by atoms with Crippen LogP contribution in [0, 0.1) is 6.92 Å². The third-order valence-corrected chi connectivity index (χ3v) is 0.940. The number of hydrogen-bond donors (Lipinski definition) is 2. The van der Waals surface area contributed by atoms with Gasteiger partial charge >= 0.3 is 0 Å². The molecule has 0 fully saturated rings. The second-order valence-corrected chi connectivity index (χ2v) is 1.65. The number of benzene rings is 1. The maximum Gasteiger partial charge on any atom is 0 e. The summed E-state index contributed by atoms with van der Waals surface area (Å²) in [6.45, 7) is 2.08. The predicted octanol–water partition coefficient (Wildman–Crippen LogP) is 1.58. The van der Waals surface area contributed by atoms with E-state index >= 15 is 0 Å². The first-order chi connectivity index (χ1) is 4.39. The summed E-state index contributed by atoms with van der Waals surface area (Å²) >= 11 is 0. The Kier molecular flexibility index (Phi) is 4.78. The summed E-state index contributed by atoms with van der Waals surface area (Å²) < 4.78 is 0. The third kappa shape index (κ3) is 3.70. The SMILES string of the molecule is Cc1ccccc1.NO.[HH]. The summed E-state index contributed by atoms with van der Waals surface area (Å²) in [7, 11) is 0. The van der Waals surface area contributed by atoms with Crippen LogP contribution in [0.2, 0.25) is 0 Å². The van der Waals surface area contributed by atoms with Crippen LogP contribution in [0.15, 0.2) is 30.3 Å². The lowest BCUT2D eigenvalue weighted by atomic mass is 10.2. The minimum Gasteiger partial charge on any atom is -0.320 e. The van der Waals surface area contributed by atoms with Gasteiger partial charge < -0.3 is 5.21 Å². The lowest BCUT2D eigenvalue weighted by molar-refractivity contribution is 0.311. The highest BCUT2D eigenvalue weighted by Crippen LogP contribution is 1.92. The molecule has 0 unspecified atom stereocenters. The molecular formula is C7H13NO. The second kappa shape index (κ2) is 5.28. The van der Waals surface area contributed by atoms with Gasteiger partial charge in [-0.25, -0.2) is 5.90 Å². The van der Waals surface area contributed by atoms with E-state index in [-0.39, 0.29) is 1.43 Å². The molecule has 0 heterocycles. The van der Waals surface area contributed by atoms with Crippen LogP contribution in [0.3, 0.4) is 0 Å². The lowest BCUT2D eigenvalue weighted by Crippen LogP contribution is -1.72. The predicted molar refractivity (Wildman–Crippen MR) is 39.3 cm³/mol. The van der Waals surface area contributed by atoms with E-state index in [9.17, 15) is 0 Å². The van der Waals surface area contributed by atoms with E-state index in [0.29, 0.717) is 0 Å². The summed E-state index contributed by atoms with van der Waals surface area (Å²) in [4.78, 5) is 0. The van der Waals surface area contributed by atoms with Crippen molar-refractivity contribution in [3.8, 4) is 0 Å². The van der Waals surface area contributed by atoms with Gasteiger partial charge in [-0.1, -0.05) is 35.9 Å². The fraction of sp³-hybridized carbons (Fsp3) is 0.143. The van der Waals surface area contributed by atoms with Crippen molar-refractivity contribution < 1.29 is 6.63 Å². The molecule has 2 heteroatoms. The Morgan fingerprint density at radius 1 is 1.22 bits per heavy atom. The van der Waals surface area contributed by atoms with E-state index < -0.39 is 0 Å². The largest absolute Gasteiger partial charge is 0.320 e. The zero-order valence-electron chi connectivity index (χ0n) is 5.41. The first kappa shape index (κ1) is 8.14. The monoisotopic (exact) mass is 127 g/mol. The van der Waals surface area contributed by atoms with E-state index in [1.807, 2.05) is 18.2 Å². The fourth-order valence-corrected chi connectivity index (χ4v) is 0.534. The van der Waals surface area contributed by atoms with Gasteiger partial charge in [-0.05, 0) is 6.92 Å². The van der Waals surface area contributed by atoms with Gasteiger partial charge in [0.2, 0.25) is 0 Å². The summed E-state index contributed by atoms with van der Waals surface area (Å²) in [6, 6.07) is 10.3. The van der Waals surface area contributed by atoms with Gasteiger partial charge in [0.1, 0.15) is 0 Å². The molecule has 0 saturated carbocycles. The molecule has 52 valence electrons. The normalized spacial score (nSPS) is 7.44. The van der Waals surface area contributed by atoms with E-state index in [2.05, 4.69) is 25.0 Å². The minimum atomic E-state index is 0. The molecule has 0 amide bonds. The molecule has 1 rings (SSSR count). The van der Waals surface area contributed by atoms with Gasteiger partial charge in [0.05, 0.1) is 0 Å². The quantitative estimate of drug-likeness (QED) is 0.520. The molecule has 0 aliphatic carbocycles. The molecule has 3 N–H and O–H groups in total. The van der Waals surface area contributed by atoms with Crippen molar-refractivity contribution in [3.05, 3.63) is 35.9 Å². The first-order valence-electron chi connectivity index (χ1n) is 2.67. The summed E-state index contributed by atoms with van der Waals surface area (Å²) in [6.07, 6.45) is 0. The molecule has 9 heavy (non-hydrogen) atoms. The lowest BCUT2D eigenvalue weighted by Gasteiger charge is -1.82. The minimum absolute atomic E-state index is 0. The van der Waals surface area contributed by atoms with Crippen LogP contribution in [-0.2, 0) is 0 Å². The van der Waals surface area contributed by atoms with Gasteiger partial charge in [0.25, 0.3) is 0 Å². The van der Waals surface area contributed by atoms with Gasteiger partial charge in [-0.15, -0.1) is 0 Å². The average Bonchev–Trinajstić information content (AvgIpc) is 1.94. The molecule has 1 aromatic carbocycles. The van der Waals surface area contributed by atoms with Crippen LogP contribution in [0.4, 0.5) is 0 Å². The van der Waals surface area contributed by atoms with Crippen molar-refractivity contribution in [1.82, 2.24) is 0 Å². The van der Waals surface area contributed by atoms with Crippen LogP contribution in [0.1, 0.15) is 6.99 Å². The van der Waals surface area contributed by atoms with Crippen molar-refractivity contribution in [1.29, 1.82) is 0 Å². The van der Waals surface area contributed by atoms with Gasteiger partial charge in [-0.2, -0.15) is 0 Å². The Balaban J connectivity index is 0. The van der Waals surface area contributed by atoms with E-state index in [4.69, 9.17) is 5.21 Å². The maximum atomic E-state index is 6.50. The maximum absolute atomic E-state index is 6.50.